The van der Waals surface area contributed by atoms with Gasteiger partial charge >= 0.3 is 5.97 Å². The van der Waals surface area contributed by atoms with Crippen molar-refractivity contribution in [1.82, 2.24) is 0 Å². The van der Waals surface area contributed by atoms with Crippen molar-refractivity contribution in [2.45, 2.75) is 4.90 Å². The Labute approximate surface area is 85.5 Å². The molecule has 72 valence electrons. The Morgan fingerprint density at radius 1 is 1.64 bits per heavy atom. The molecule has 0 N–H and O–H groups in total. The number of esters is 1. The van der Waals surface area contributed by atoms with Crippen LogP contribution in [0.4, 0.5) is 4.39 Å². The van der Waals surface area contributed by atoms with Gasteiger partial charge in [-0.05, 0) is 12.1 Å². The van der Waals surface area contributed by atoms with Gasteiger partial charge in [0.2, 0.25) is 0 Å². The van der Waals surface area contributed by atoms with Crippen molar-refractivity contribution < 1.29 is 13.9 Å². The van der Waals surface area contributed by atoms with Gasteiger partial charge in [0.1, 0.15) is 11.9 Å². The molecule has 1 aromatic rings. The molecule has 0 fully saturated rings. The second kappa shape index (κ2) is 4.11. The number of ether oxygens (including phenoxy) is 1. The van der Waals surface area contributed by atoms with Crippen LogP contribution in [-0.4, -0.2) is 13.1 Å². The maximum absolute atomic E-state index is 13.0. The second-order valence-corrected chi connectivity index (χ2v) is 2.93. The SMILES string of the molecule is COC(=O)c1cc(F)c(S)cc1C#N. The van der Waals surface area contributed by atoms with Gasteiger partial charge in [0.05, 0.1) is 18.2 Å². The van der Waals surface area contributed by atoms with Crippen LogP contribution < -0.4 is 0 Å². The summed E-state index contributed by atoms with van der Waals surface area (Å²) in [6.07, 6.45) is 0. The summed E-state index contributed by atoms with van der Waals surface area (Å²) in [5.74, 6) is -1.40. The van der Waals surface area contributed by atoms with E-state index in [4.69, 9.17) is 5.26 Å². The van der Waals surface area contributed by atoms with E-state index in [0.717, 1.165) is 13.2 Å². The van der Waals surface area contributed by atoms with Crippen molar-refractivity contribution in [3.63, 3.8) is 0 Å². The van der Waals surface area contributed by atoms with Crippen molar-refractivity contribution in [3.05, 3.63) is 29.1 Å². The number of carbonyl (C=O) groups is 1. The number of halogens is 1. The van der Waals surface area contributed by atoms with E-state index in [1.807, 2.05) is 0 Å². The Morgan fingerprint density at radius 3 is 2.79 bits per heavy atom. The lowest BCUT2D eigenvalue weighted by Crippen LogP contribution is -2.05. The largest absolute Gasteiger partial charge is 0.465 e. The Bertz CT molecular complexity index is 426. The van der Waals surface area contributed by atoms with Crippen molar-refractivity contribution in [2.75, 3.05) is 7.11 Å². The zero-order valence-electron chi connectivity index (χ0n) is 7.24. The zero-order chi connectivity index (χ0) is 10.7. The third-order valence-corrected chi connectivity index (χ3v) is 1.96. The maximum atomic E-state index is 13.0. The minimum Gasteiger partial charge on any atom is -0.465 e. The monoisotopic (exact) mass is 211 g/mol. The summed E-state index contributed by atoms with van der Waals surface area (Å²) in [6, 6.07) is 3.88. The molecule has 5 heteroatoms. The molecule has 0 saturated carbocycles. The van der Waals surface area contributed by atoms with Crippen LogP contribution in [0, 0.1) is 17.1 Å². The fourth-order valence-electron chi connectivity index (χ4n) is 0.933. The Morgan fingerprint density at radius 2 is 2.29 bits per heavy atom. The molecule has 0 amide bonds. The third-order valence-electron chi connectivity index (χ3n) is 1.61. The van der Waals surface area contributed by atoms with E-state index in [9.17, 15) is 9.18 Å². The summed E-state index contributed by atoms with van der Waals surface area (Å²) in [7, 11) is 1.16. The molecule has 0 atom stereocenters. The molecule has 0 aliphatic carbocycles. The van der Waals surface area contributed by atoms with Crippen molar-refractivity contribution >= 4 is 18.6 Å². The number of thiol groups is 1. The van der Waals surface area contributed by atoms with Crippen LogP contribution in [0.25, 0.3) is 0 Å². The highest BCUT2D eigenvalue weighted by atomic mass is 32.1. The van der Waals surface area contributed by atoms with Gasteiger partial charge in [0, 0.05) is 4.90 Å². The molecule has 0 unspecified atom stereocenters. The molecule has 0 aromatic heterocycles. The fourth-order valence-corrected chi connectivity index (χ4v) is 1.13. The van der Waals surface area contributed by atoms with Gasteiger partial charge in [-0.25, -0.2) is 9.18 Å². The highest BCUT2D eigenvalue weighted by Crippen LogP contribution is 2.18. The van der Waals surface area contributed by atoms with Crippen LogP contribution in [-0.2, 0) is 4.74 Å². The second-order valence-electron chi connectivity index (χ2n) is 2.45. The highest BCUT2D eigenvalue weighted by molar-refractivity contribution is 7.80. The zero-order valence-corrected chi connectivity index (χ0v) is 8.14. The minimum atomic E-state index is -0.742. The average molecular weight is 211 g/mol. The van der Waals surface area contributed by atoms with E-state index < -0.39 is 11.8 Å². The van der Waals surface area contributed by atoms with Gasteiger partial charge in [0.25, 0.3) is 0 Å². The van der Waals surface area contributed by atoms with E-state index in [1.54, 1.807) is 6.07 Å². The van der Waals surface area contributed by atoms with E-state index in [1.165, 1.54) is 6.07 Å². The van der Waals surface area contributed by atoms with Crippen LogP contribution in [0.15, 0.2) is 17.0 Å². The van der Waals surface area contributed by atoms with Crippen LogP contribution in [0.3, 0.4) is 0 Å². The van der Waals surface area contributed by atoms with Gasteiger partial charge in [-0.2, -0.15) is 5.26 Å². The lowest BCUT2D eigenvalue weighted by molar-refractivity contribution is 0.0599. The standard InChI is InChI=1S/C9H6FNO2S/c1-13-9(12)6-3-7(10)8(14)2-5(6)4-11/h2-3,14H,1H3. The molecule has 1 aromatic carbocycles. The minimum absolute atomic E-state index is 0.0224. The molecule has 0 aliphatic heterocycles. The molecule has 3 nitrogen and oxygen atoms in total. The summed E-state index contributed by atoms with van der Waals surface area (Å²) in [4.78, 5) is 11.1. The Hall–Kier alpha value is -1.54. The smallest absolute Gasteiger partial charge is 0.339 e. The van der Waals surface area contributed by atoms with Gasteiger partial charge in [0.15, 0.2) is 0 Å². The molecule has 1 rings (SSSR count). The number of nitriles is 1. The lowest BCUT2D eigenvalue weighted by atomic mass is 10.1. The molecular weight excluding hydrogens is 205 g/mol. The van der Waals surface area contributed by atoms with Crippen molar-refractivity contribution in [1.29, 1.82) is 5.26 Å². The molecule has 14 heavy (non-hydrogen) atoms. The van der Waals surface area contributed by atoms with Crippen molar-refractivity contribution in [3.8, 4) is 6.07 Å². The topological polar surface area (TPSA) is 50.1 Å². The maximum Gasteiger partial charge on any atom is 0.339 e. The summed E-state index contributed by atoms with van der Waals surface area (Å²) in [5.41, 5.74) is -0.0476. The van der Waals surface area contributed by atoms with Crippen molar-refractivity contribution in [2.24, 2.45) is 0 Å². The van der Waals surface area contributed by atoms with Gasteiger partial charge in [-0.15, -0.1) is 12.6 Å². The highest BCUT2D eigenvalue weighted by Gasteiger charge is 2.14. The average Bonchev–Trinajstić information content (AvgIpc) is 2.20. The quantitative estimate of drug-likeness (QED) is 0.569. The van der Waals surface area contributed by atoms with Gasteiger partial charge in [-0.1, -0.05) is 0 Å². The molecule has 0 heterocycles. The van der Waals surface area contributed by atoms with Crippen LogP contribution in [0.2, 0.25) is 0 Å². The first-order valence-electron chi connectivity index (χ1n) is 3.61. The molecule has 0 radical (unpaired) electrons. The number of methoxy groups -OCH3 is 1. The number of carbonyl (C=O) groups excluding carboxylic acids is 1. The van der Waals surface area contributed by atoms with Crippen LogP contribution in [0.1, 0.15) is 15.9 Å². The molecular formula is C9H6FNO2S. The first-order chi connectivity index (χ1) is 6.60. The first kappa shape index (κ1) is 10.5. The number of rotatable bonds is 1. The van der Waals surface area contributed by atoms with E-state index in [0.29, 0.717) is 0 Å². The number of hydrogen-bond acceptors (Lipinski definition) is 4. The molecule has 0 bridgehead atoms. The van der Waals surface area contributed by atoms with E-state index in [-0.39, 0.29) is 16.0 Å². The predicted octanol–water partition coefficient (Wildman–Crippen LogP) is 1.77. The number of benzene rings is 1. The lowest BCUT2D eigenvalue weighted by Gasteiger charge is -2.03. The van der Waals surface area contributed by atoms with Crippen LogP contribution in [0.5, 0.6) is 0 Å². The normalized spacial score (nSPS) is 9.29. The fraction of sp³-hybridized carbons (Fsp3) is 0.111. The Kier molecular flexibility index (Phi) is 3.10. The van der Waals surface area contributed by atoms with Gasteiger partial charge < -0.3 is 4.74 Å². The van der Waals surface area contributed by atoms with Crippen LogP contribution >= 0.6 is 12.6 Å². The Balaban J connectivity index is 3.36. The predicted molar refractivity (Wildman–Crippen MR) is 49.7 cm³/mol. The molecule has 0 saturated heterocycles. The summed E-state index contributed by atoms with van der Waals surface area (Å²) in [6.45, 7) is 0. The molecule has 0 spiro atoms. The summed E-state index contributed by atoms with van der Waals surface area (Å²) < 4.78 is 17.4. The first-order valence-corrected chi connectivity index (χ1v) is 4.05. The summed E-state index contributed by atoms with van der Waals surface area (Å²) in [5, 5.41) is 8.66. The molecule has 0 aliphatic rings. The van der Waals surface area contributed by atoms with E-state index >= 15 is 0 Å². The summed E-state index contributed by atoms with van der Waals surface area (Å²) >= 11 is 3.79. The number of hydrogen-bond donors (Lipinski definition) is 1. The van der Waals surface area contributed by atoms with Gasteiger partial charge in [-0.3, -0.25) is 0 Å². The number of nitrogens with zero attached hydrogens (tertiary/aromatic N) is 1. The third kappa shape index (κ3) is 1.86. The van der Waals surface area contributed by atoms with E-state index in [2.05, 4.69) is 17.4 Å².